The molecule has 0 saturated carbocycles. The van der Waals surface area contributed by atoms with Gasteiger partial charge in [-0.2, -0.15) is 0 Å². The number of likely N-dealkylation sites (tertiary alicyclic amines) is 1. The molecule has 0 spiro atoms. The van der Waals surface area contributed by atoms with Gasteiger partial charge in [0.1, 0.15) is 11.6 Å². The van der Waals surface area contributed by atoms with Gasteiger partial charge in [0.05, 0.1) is 5.69 Å². The zero-order chi connectivity index (χ0) is 18.2. The Labute approximate surface area is 160 Å². The molecule has 1 aromatic carbocycles. The predicted octanol–water partition coefficient (Wildman–Crippen LogP) is 2.36. The molecule has 5 rings (SSSR count). The minimum atomic E-state index is -0.162. The summed E-state index contributed by atoms with van der Waals surface area (Å²) in [5.41, 5.74) is 2.38. The van der Waals surface area contributed by atoms with Gasteiger partial charge in [0.2, 0.25) is 0 Å². The summed E-state index contributed by atoms with van der Waals surface area (Å²) in [5, 5.41) is 0. The number of halogens is 1. The van der Waals surface area contributed by atoms with Gasteiger partial charge < -0.3 is 9.47 Å². The number of benzene rings is 1. The Morgan fingerprint density at radius 2 is 1.74 bits per heavy atom. The van der Waals surface area contributed by atoms with Crippen molar-refractivity contribution < 1.29 is 4.39 Å². The van der Waals surface area contributed by atoms with E-state index < -0.39 is 0 Å². The highest BCUT2D eigenvalue weighted by Gasteiger charge is 2.33. The fourth-order valence-electron chi connectivity index (χ4n) is 4.68. The van der Waals surface area contributed by atoms with Gasteiger partial charge in [-0.3, -0.25) is 9.80 Å². The molecule has 27 heavy (non-hydrogen) atoms. The topological polar surface area (TPSA) is 27.5 Å². The first-order valence-electron chi connectivity index (χ1n) is 10.3. The zero-order valence-corrected chi connectivity index (χ0v) is 15.9. The lowest BCUT2D eigenvalue weighted by Crippen LogP contribution is -2.62. The first-order valence-corrected chi connectivity index (χ1v) is 10.3. The standard InChI is InChI=1S/C21H28FN5/c22-17-4-6-19(7-5-17)25-9-11-26(12-10-25)20-15-24(16-20)13-18-14-27-8-2-1-3-21(27)23-18/h4-7,14,20H,1-3,8-13,15-16H2. The number of rotatable bonds is 4. The molecule has 144 valence electrons. The third-order valence-corrected chi connectivity index (χ3v) is 6.30. The Bertz CT molecular complexity index is 749. The molecular weight excluding hydrogens is 341 g/mol. The maximum Gasteiger partial charge on any atom is 0.123 e. The third kappa shape index (κ3) is 3.60. The molecule has 4 heterocycles. The van der Waals surface area contributed by atoms with Crippen molar-refractivity contribution in [3.05, 3.63) is 47.8 Å². The average molecular weight is 369 g/mol. The number of aryl methyl sites for hydroxylation is 2. The fourth-order valence-corrected chi connectivity index (χ4v) is 4.68. The largest absolute Gasteiger partial charge is 0.369 e. The number of piperazine rings is 1. The highest BCUT2D eigenvalue weighted by molar-refractivity contribution is 5.46. The van der Waals surface area contributed by atoms with Crippen molar-refractivity contribution in [3.63, 3.8) is 0 Å². The number of imidazole rings is 1. The molecule has 3 aliphatic heterocycles. The Hall–Kier alpha value is -1.92. The van der Waals surface area contributed by atoms with Gasteiger partial charge in [-0.25, -0.2) is 9.37 Å². The average Bonchev–Trinajstić information content (AvgIpc) is 3.08. The summed E-state index contributed by atoms with van der Waals surface area (Å²) in [6, 6.07) is 7.57. The van der Waals surface area contributed by atoms with E-state index in [1.165, 1.54) is 24.4 Å². The van der Waals surface area contributed by atoms with Gasteiger partial charge in [-0.1, -0.05) is 0 Å². The van der Waals surface area contributed by atoms with Crippen LogP contribution in [0, 0.1) is 5.82 Å². The molecule has 0 amide bonds. The molecular formula is C21H28FN5. The SMILES string of the molecule is Fc1ccc(N2CCN(C3CN(Cc4cn5c(n4)CCCC5)C3)CC2)cc1. The monoisotopic (exact) mass is 369 g/mol. The van der Waals surface area contributed by atoms with Crippen molar-refractivity contribution in [2.45, 2.75) is 38.4 Å². The first kappa shape index (κ1) is 17.2. The van der Waals surface area contributed by atoms with Crippen LogP contribution in [0.25, 0.3) is 0 Å². The van der Waals surface area contributed by atoms with E-state index in [-0.39, 0.29) is 5.82 Å². The van der Waals surface area contributed by atoms with Crippen LogP contribution in [0.1, 0.15) is 24.4 Å². The molecule has 1 aromatic heterocycles. The number of anilines is 1. The molecule has 0 aliphatic carbocycles. The van der Waals surface area contributed by atoms with Crippen LogP contribution in [-0.2, 0) is 19.5 Å². The van der Waals surface area contributed by atoms with Crippen LogP contribution in [0.4, 0.5) is 10.1 Å². The predicted molar refractivity (Wildman–Crippen MR) is 104 cm³/mol. The second-order valence-electron chi connectivity index (χ2n) is 8.15. The van der Waals surface area contributed by atoms with Gasteiger partial charge >= 0.3 is 0 Å². The molecule has 0 bridgehead atoms. The molecule has 2 fully saturated rings. The number of hydrogen-bond donors (Lipinski definition) is 0. The smallest absolute Gasteiger partial charge is 0.123 e. The van der Waals surface area contributed by atoms with Crippen molar-refractivity contribution in [3.8, 4) is 0 Å². The van der Waals surface area contributed by atoms with Crippen molar-refractivity contribution >= 4 is 5.69 Å². The molecule has 0 N–H and O–H groups in total. The number of fused-ring (bicyclic) bond motifs is 1. The van der Waals surface area contributed by atoms with Crippen LogP contribution in [0.3, 0.4) is 0 Å². The quantitative estimate of drug-likeness (QED) is 0.827. The van der Waals surface area contributed by atoms with Crippen LogP contribution in [0.2, 0.25) is 0 Å². The van der Waals surface area contributed by atoms with E-state index in [0.29, 0.717) is 6.04 Å². The number of nitrogens with zero attached hydrogens (tertiary/aromatic N) is 5. The summed E-state index contributed by atoms with van der Waals surface area (Å²) in [6.07, 6.45) is 5.98. The summed E-state index contributed by atoms with van der Waals surface area (Å²) in [4.78, 5) is 12.3. The molecule has 6 heteroatoms. The van der Waals surface area contributed by atoms with Crippen LogP contribution in [0.5, 0.6) is 0 Å². The van der Waals surface area contributed by atoms with E-state index >= 15 is 0 Å². The molecule has 0 unspecified atom stereocenters. The lowest BCUT2D eigenvalue weighted by molar-refractivity contribution is 0.0249. The molecule has 5 nitrogen and oxygen atoms in total. The first-order chi connectivity index (χ1) is 13.2. The fraction of sp³-hybridized carbons (Fsp3) is 0.571. The van der Waals surface area contributed by atoms with Crippen LogP contribution >= 0.6 is 0 Å². The van der Waals surface area contributed by atoms with E-state index in [9.17, 15) is 4.39 Å². The Morgan fingerprint density at radius 1 is 0.963 bits per heavy atom. The summed E-state index contributed by atoms with van der Waals surface area (Å²) >= 11 is 0. The van der Waals surface area contributed by atoms with Crippen molar-refractivity contribution in [1.29, 1.82) is 0 Å². The summed E-state index contributed by atoms with van der Waals surface area (Å²) in [7, 11) is 0. The highest BCUT2D eigenvalue weighted by Crippen LogP contribution is 2.23. The normalized spacial score (nSPS) is 21.9. The minimum Gasteiger partial charge on any atom is -0.369 e. The van der Waals surface area contributed by atoms with Crippen molar-refractivity contribution in [1.82, 2.24) is 19.4 Å². The lowest BCUT2D eigenvalue weighted by atomic mass is 10.1. The number of hydrogen-bond acceptors (Lipinski definition) is 4. The lowest BCUT2D eigenvalue weighted by Gasteiger charge is -2.48. The number of aromatic nitrogens is 2. The second kappa shape index (κ2) is 7.24. The van der Waals surface area contributed by atoms with Crippen molar-refractivity contribution in [2.75, 3.05) is 44.2 Å². The van der Waals surface area contributed by atoms with E-state index in [1.54, 1.807) is 12.1 Å². The van der Waals surface area contributed by atoms with Gasteiger partial charge in [0.15, 0.2) is 0 Å². The summed E-state index contributed by atoms with van der Waals surface area (Å²) in [5.74, 6) is 1.12. The molecule has 2 aromatic rings. The molecule has 0 atom stereocenters. The second-order valence-corrected chi connectivity index (χ2v) is 8.15. The summed E-state index contributed by atoms with van der Waals surface area (Å²) < 4.78 is 15.4. The van der Waals surface area contributed by atoms with Crippen LogP contribution in [-0.4, -0.2) is 64.7 Å². The van der Waals surface area contributed by atoms with Gasteiger partial charge in [-0.15, -0.1) is 0 Å². The molecule has 0 radical (unpaired) electrons. The van der Waals surface area contributed by atoms with Crippen LogP contribution in [0.15, 0.2) is 30.5 Å². The van der Waals surface area contributed by atoms with E-state index in [4.69, 9.17) is 4.98 Å². The van der Waals surface area contributed by atoms with E-state index in [1.807, 2.05) is 12.1 Å². The Kier molecular flexibility index (Phi) is 4.61. The maximum atomic E-state index is 13.1. The third-order valence-electron chi connectivity index (χ3n) is 6.30. The van der Waals surface area contributed by atoms with E-state index in [0.717, 1.165) is 64.5 Å². The summed E-state index contributed by atoms with van der Waals surface area (Å²) in [6.45, 7) is 8.67. The highest BCUT2D eigenvalue weighted by atomic mass is 19.1. The van der Waals surface area contributed by atoms with Crippen LogP contribution < -0.4 is 4.90 Å². The Morgan fingerprint density at radius 3 is 2.48 bits per heavy atom. The minimum absolute atomic E-state index is 0.162. The zero-order valence-electron chi connectivity index (χ0n) is 15.9. The molecule has 2 saturated heterocycles. The molecule has 3 aliphatic rings. The van der Waals surface area contributed by atoms with Crippen molar-refractivity contribution in [2.24, 2.45) is 0 Å². The van der Waals surface area contributed by atoms with Gasteiger partial charge in [0, 0.05) is 76.7 Å². The van der Waals surface area contributed by atoms with Gasteiger partial charge in [0.25, 0.3) is 0 Å². The Balaban J connectivity index is 1.09. The maximum absolute atomic E-state index is 13.1. The van der Waals surface area contributed by atoms with E-state index in [2.05, 4.69) is 25.5 Å². The van der Waals surface area contributed by atoms with Gasteiger partial charge in [-0.05, 0) is 37.1 Å².